The number of nitrogens with one attached hydrogen (secondary N) is 1. The Labute approximate surface area is 80.5 Å². The van der Waals surface area contributed by atoms with Crippen LogP contribution in [0.15, 0.2) is 12.4 Å². The molecule has 1 heterocycles. The van der Waals surface area contributed by atoms with Crippen molar-refractivity contribution in [2.24, 2.45) is 5.73 Å². The molecule has 0 saturated carbocycles. The first kappa shape index (κ1) is 10.5. The van der Waals surface area contributed by atoms with Crippen molar-refractivity contribution in [1.29, 1.82) is 0 Å². The van der Waals surface area contributed by atoms with Crippen molar-refractivity contribution in [2.75, 3.05) is 13.1 Å². The van der Waals surface area contributed by atoms with Gasteiger partial charge in [-0.1, -0.05) is 0 Å². The first-order valence-corrected chi connectivity index (χ1v) is 4.10. The van der Waals surface area contributed by atoms with Crippen molar-refractivity contribution in [3.63, 3.8) is 0 Å². The molecule has 7 nitrogen and oxygen atoms in total. The van der Waals surface area contributed by atoms with Gasteiger partial charge in [-0.15, -0.1) is 0 Å². The molecule has 1 aromatic rings. The van der Waals surface area contributed by atoms with Gasteiger partial charge in [0.1, 0.15) is 6.20 Å². The largest absolute Gasteiger partial charge is 0.381 e. The van der Waals surface area contributed by atoms with Gasteiger partial charge in [-0.05, 0) is 9.91 Å². The second-order valence-corrected chi connectivity index (χ2v) is 2.59. The van der Waals surface area contributed by atoms with Gasteiger partial charge >= 0.3 is 5.82 Å². The summed E-state index contributed by atoms with van der Waals surface area (Å²) in [7, 11) is 0. The van der Waals surface area contributed by atoms with Crippen LogP contribution in [-0.2, 0) is 6.54 Å². The molecule has 3 N–H and O–H groups in total. The molecule has 0 amide bonds. The van der Waals surface area contributed by atoms with Crippen LogP contribution in [0.2, 0.25) is 0 Å². The standard InChI is InChI=1S/C7H11N5O2/c8-1-2-9-3-6-4-11-7(5-10-6)12(13)14/h4-5,9H,1-3,8H2. The topological polar surface area (TPSA) is 107 Å². The third-order valence-corrected chi connectivity index (χ3v) is 1.51. The third kappa shape index (κ3) is 3.04. The number of nitro groups is 1. The van der Waals surface area contributed by atoms with E-state index >= 15 is 0 Å². The minimum atomic E-state index is -0.579. The van der Waals surface area contributed by atoms with Crippen LogP contribution < -0.4 is 11.1 Å². The van der Waals surface area contributed by atoms with E-state index in [0.717, 1.165) is 6.20 Å². The fourth-order valence-corrected chi connectivity index (χ4v) is 0.852. The molecule has 0 spiro atoms. The number of rotatable bonds is 5. The molecular weight excluding hydrogens is 186 g/mol. The number of nitrogens with two attached hydrogens (primary N) is 1. The van der Waals surface area contributed by atoms with E-state index in [4.69, 9.17) is 5.73 Å². The maximum atomic E-state index is 10.2. The first-order chi connectivity index (χ1) is 6.74. The van der Waals surface area contributed by atoms with Gasteiger partial charge in [-0.25, -0.2) is 4.98 Å². The van der Waals surface area contributed by atoms with Gasteiger partial charge in [0.2, 0.25) is 0 Å². The van der Waals surface area contributed by atoms with E-state index in [9.17, 15) is 10.1 Å². The first-order valence-electron chi connectivity index (χ1n) is 4.10. The Hall–Kier alpha value is -1.60. The lowest BCUT2D eigenvalue weighted by Gasteiger charge is -1.99. The van der Waals surface area contributed by atoms with Crippen molar-refractivity contribution in [3.8, 4) is 0 Å². The molecule has 0 fully saturated rings. The highest BCUT2D eigenvalue weighted by atomic mass is 16.6. The van der Waals surface area contributed by atoms with Gasteiger partial charge in [0.25, 0.3) is 0 Å². The zero-order chi connectivity index (χ0) is 10.4. The average molecular weight is 197 g/mol. The Morgan fingerprint density at radius 1 is 1.50 bits per heavy atom. The molecule has 0 radical (unpaired) electrons. The normalized spacial score (nSPS) is 10.1. The van der Waals surface area contributed by atoms with Crippen LogP contribution in [0.4, 0.5) is 5.82 Å². The summed E-state index contributed by atoms with van der Waals surface area (Å²) < 4.78 is 0. The molecule has 0 atom stereocenters. The van der Waals surface area contributed by atoms with E-state index in [1.807, 2.05) is 0 Å². The second kappa shape index (κ2) is 5.20. The van der Waals surface area contributed by atoms with E-state index < -0.39 is 4.92 Å². The van der Waals surface area contributed by atoms with Gasteiger partial charge in [-0.3, -0.25) is 0 Å². The summed E-state index contributed by atoms with van der Waals surface area (Å²) in [5.41, 5.74) is 5.93. The van der Waals surface area contributed by atoms with Crippen molar-refractivity contribution >= 4 is 5.82 Å². The zero-order valence-electron chi connectivity index (χ0n) is 7.51. The Kier molecular flexibility index (Phi) is 3.89. The second-order valence-electron chi connectivity index (χ2n) is 2.59. The lowest BCUT2D eigenvalue weighted by Crippen LogP contribution is -2.22. The molecule has 0 saturated heterocycles. The Morgan fingerprint density at radius 3 is 2.79 bits per heavy atom. The van der Waals surface area contributed by atoms with Crippen LogP contribution in [0, 0.1) is 10.1 Å². The zero-order valence-corrected chi connectivity index (χ0v) is 7.51. The van der Waals surface area contributed by atoms with Crippen molar-refractivity contribution < 1.29 is 4.92 Å². The van der Waals surface area contributed by atoms with E-state index in [1.54, 1.807) is 0 Å². The Morgan fingerprint density at radius 2 is 2.29 bits per heavy atom. The van der Waals surface area contributed by atoms with E-state index in [1.165, 1.54) is 6.20 Å². The quantitative estimate of drug-likeness (QED) is 0.372. The predicted octanol–water partition coefficient (Wildman–Crippen LogP) is -0.567. The third-order valence-electron chi connectivity index (χ3n) is 1.51. The number of aromatic nitrogens is 2. The van der Waals surface area contributed by atoms with Crippen molar-refractivity contribution in [3.05, 3.63) is 28.2 Å². The summed E-state index contributed by atoms with van der Waals surface area (Å²) in [6, 6.07) is 0. The maximum Gasteiger partial charge on any atom is 0.381 e. The van der Waals surface area contributed by atoms with Crippen LogP contribution in [0.3, 0.4) is 0 Å². The lowest BCUT2D eigenvalue weighted by molar-refractivity contribution is -0.389. The fourth-order valence-electron chi connectivity index (χ4n) is 0.852. The highest BCUT2D eigenvalue weighted by Crippen LogP contribution is 2.03. The summed E-state index contributed by atoms with van der Waals surface area (Å²) >= 11 is 0. The van der Waals surface area contributed by atoms with Gasteiger partial charge in [0.05, 0.1) is 5.69 Å². The van der Waals surface area contributed by atoms with Crippen LogP contribution in [0.5, 0.6) is 0 Å². The van der Waals surface area contributed by atoms with Crippen LogP contribution in [0.25, 0.3) is 0 Å². The molecule has 0 aliphatic rings. The molecule has 14 heavy (non-hydrogen) atoms. The van der Waals surface area contributed by atoms with E-state index in [-0.39, 0.29) is 5.82 Å². The van der Waals surface area contributed by atoms with Crippen LogP contribution in [-0.4, -0.2) is 28.0 Å². The molecule has 0 bridgehead atoms. The average Bonchev–Trinajstić information content (AvgIpc) is 2.19. The van der Waals surface area contributed by atoms with Gasteiger partial charge < -0.3 is 21.2 Å². The van der Waals surface area contributed by atoms with Crippen LogP contribution in [0.1, 0.15) is 5.69 Å². The minimum absolute atomic E-state index is 0.243. The van der Waals surface area contributed by atoms with Gasteiger partial charge in [0, 0.05) is 19.6 Å². The molecule has 7 heteroatoms. The Balaban J connectivity index is 2.51. The fraction of sp³-hybridized carbons (Fsp3) is 0.429. The molecule has 0 aliphatic heterocycles. The molecular formula is C7H11N5O2. The predicted molar refractivity (Wildman–Crippen MR) is 49.4 cm³/mol. The molecule has 0 aliphatic carbocycles. The molecule has 1 aromatic heterocycles. The van der Waals surface area contributed by atoms with Crippen molar-refractivity contribution in [2.45, 2.75) is 6.54 Å². The van der Waals surface area contributed by atoms with Gasteiger partial charge in [0.15, 0.2) is 6.20 Å². The summed E-state index contributed by atoms with van der Waals surface area (Å²) in [4.78, 5) is 17.2. The number of nitrogens with zero attached hydrogens (tertiary/aromatic N) is 3. The SMILES string of the molecule is NCCNCc1cnc([N+](=O)[O-])cn1. The van der Waals surface area contributed by atoms with Crippen LogP contribution >= 0.6 is 0 Å². The molecule has 0 aromatic carbocycles. The lowest BCUT2D eigenvalue weighted by atomic mass is 10.4. The molecule has 0 unspecified atom stereocenters. The number of hydrogen-bond acceptors (Lipinski definition) is 6. The minimum Gasteiger partial charge on any atom is -0.358 e. The number of hydrogen-bond donors (Lipinski definition) is 2. The highest BCUT2D eigenvalue weighted by molar-refractivity contribution is 5.13. The van der Waals surface area contributed by atoms with E-state index in [2.05, 4.69) is 15.3 Å². The smallest absolute Gasteiger partial charge is 0.358 e. The van der Waals surface area contributed by atoms with E-state index in [0.29, 0.717) is 25.3 Å². The summed E-state index contributed by atoms with van der Waals surface area (Å²) in [5.74, 6) is -0.243. The Bertz CT molecular complexity index is 299. The summed E-state index contributed by atoms with van der Waals surface area (Å²) in [6.07, 6.45) is 2.51. The summed E-state index contributed by atoms with van der Waals surface area (Å²) in [5, 5.41) is 13.2. The monoisotopic (exact) mass is 197 g/mol. The molecule has 76 valence electrons. The highest BCUT2D eigenvalue weighted by Gasteiger charge is 2.06. The van der Waals surface area contributed by atoms with Gasteiger partial charge in [-0.2, -0.15) is 0 Å². The molecule has 1 rings (SSSR count). The van der Waals surface area contributed by atoms with Crippen molar-refractivity contribution in [1.82, 2.24) is 15.3 Å². The summed E-state index contributed by atoms with van der Waals surface area (Å²) in [6.45, 7) is 1.74. The maximum absolute atomic E-state index is 10.2.